The first-order valence-corrected chi connectivity index (χ1v) is 5.21. The predicted molar refractivity (Wildman–Crippen MR) is 57.3 cm³/mol. The van der Waals surface area contributed by atoms with E-state index in [0.717, 1.165) is 6.07 Å². The van der Waals surface area contributed by atoms with Gasteiger partial charge >= 0.3 is 5.97 Å². The summed E-state index contributed by atoms with van der Waals surface area (Å²) in [6.07, 6.45) is 0. The number of carboxylic acids is 1. The van der Waals surface area contributed by atoms with Gasteiger partial charge in [0, 0.05) is 10.6 Å². The van der Waals surface area contributed by atoms with Crippen molar-refractivity contribution in [2.45, 2.75) is 0 Å². The van der Waals surface area contributed by atoms with Crippen LogP contribution in [0, 0.1) is 5.82 Å². The Kier molecular flexibility index (Phi) is 2.84. The molecular weight excluding hydrogens is 255 g/mol. The van der Waals surface area contributed by atoms with Gasteiger partial charge < -0.3 is 5.11 Å². The highest BCUT2D eigenvalue weighted by Crippen LogP contribution is 2.27. The van der Waals surface area contributed by atoms with Gasteiger partial charge in [0.1, 0.15) is 11.5 Å². The Balaban J connectivity index is 2.62. The van der Waals surface area contributed by atoms with Crippen LogP contribution in [0.4, 0.5) is 4.39 Å². The van der Waals surface area contributed by atoms with E-state index in [0.29, 0.717) is 16.8 Å². The molecule has 0 radical (unpaired) electrons. The van der Waals surface area contributed by atoms with Crippen LogP contribution in [0.3, 0.4) is 0 Å². The number of halogens is 2. The van der Waals surface area contributed by atoms with Crippen molar-refractivity contribution in [3.63, 3.8) is 0 Å². The van der Waals surface area contributed by atoms with Crippen LogP contribution in [0.2, 0.25) is 5.02 Å². The molecule has 7 heteroatoms. The van der Waals surface area contributed by atoms with E-state index in [1.807, 2.05) is 0 Å². The molecule has 0 aliphatic carbocycles. The monoisotopic (exact) mass is 258 g/mol. The van der Waals surface area contributed by atoms with E-state index in [1.165, 1.54) is 12.1 Å². The van der Waals surface area contributed by atoms with Crippen LogP contribution in [0.25, 0.3) is 11.3 Å². The Bertz CT molecular complexity index is 558. The maximum atomic E-state index is 13.5. The number of nitrogens with zero attached hydrogens (tertiary/aromatic N) is 2. The van der Waals surface area contributed by atoms with Crippen LogP contribution in [-0.2, 0) is 0 Å². The Morgan fingerprint density at radius 1 is 1.44 bits per heavy atom. The largest absolute Gasteiger partial charge is 0.476 e. The number of carboxylic acid groups (broad SMARTS) is 1. The van der Waals surface area contributed by atoms with Crippen LogP contribution in [0.1, 0.15) is 10.5 Å². The minimum absolute atomic E-state index is 0.00231. The quantitative estimate of drug-likeness (QED) is 0.900. The zero-order chi connectivity index (χ0) is 11.7. The highest BCUT2D eigenvalue weighted by Gasteiger charge is 2.19. The van der Waals surface area contributed by atoms with E-state index in [2.05, 4.69) is 8.75 Å². The molecule has 0 atom stereocenters. The second-order valence-electron chi connectivity index (χ2n) is 2.89. The summed E-state index contributed by atoms with van der Waals surface area (Å²) in [6, 6.07) is 3.85. The second-order valence-corrected chi connectivity index (χ2v) is 3.86. The molecule has 0 unspecified atom stereocenters. The third kappa shape index (κ3) is 1.89. The lowest BCUT2D eigenvalue weighted by Gasteiger charge is -2.00. The SMILES string of the molecule is O=C(O)c1nsnc1-c1cc(Cl)ccc1F. The Hall–Kier alpha value is -1.53. The number of hydrogen-bond acceptors (Lipinski definition) is 4. The molecule has 4 nitrogen and oxygen atoms in total. The smallest absolute Gasteiger partial charge is 0.357 e. The fourth-order valence-corrected chi connectivity index (χ4v) is 1.91. The van der Waals surface area contributed by atoms with Crippen LogP contribution in [0.15, 0.2) is 18.2 Å². The topological polar surface area (TPSA) is 63.1 Å². The number of aromatic carboxylic acids is 1. The molecule has 0 spiro atoms. The van der Waals surface area contributed by atoms with Gasteiger partial charge in [-0.2, -0.15) is 8.75 Å². The van der Waals surface area contributed by atoms with Crippen LogP contribution < -0.4 is 0 Å². The third-order valence-electron chi connectivity index (χ3n) is 1.87. The van der Waals surface area contributed by atoms with Crippen molar-refractivity contribution in [1.82, 2.24) is 8.75 Å². The van der Waals surface area contributed by atoms with Crippen molar-refractivity contribution in [3.05, 3.63) is 34.7 Å². The molecule has 0 saturated carbocycles. The average Bonchev–Trinajstić information content (AvgIpc) is 2.70. The van der Waals surface area contributed by atoms with Crippen LogP contribution in [-0.4, -0.2) is 19.8 Å². The third-order valence-corrected chi connectivity index (χ3v) is 2.64. The Morgan fingerprint density at radius 2 is 2.19 bits per heavy atom. The standard InChI is InChI=1S/C9H4ClFN2O2S/c10-4-1-2-6(11)5(3-4)7-8(9(14)15)13-16-12-7/h1-3H,(H,14,15). The minimum Gasteiger partial charge on any atom is -0.476 e. The number of aromatic nitrogens is 2. The van der Waals surface area contributed by atoms with Gasteiger partial charge in [0.25, 0.3) is 0 Å². The summed E-state index contributed by atoms with van der Waals surface area (Å²) < 4.78 is 20.8. The fourth-order valence-electron chi connectivity index (χ4n) is 1.18. The number of hydrogen-bond donors (Lipinski definition) is 1. The molecule has 0 fully saturated rings. The van der Waals surface area contributed by atoms with E-state index in [9.17, 15) is 9.18 Å². The number of rotatable bonds is 2. The lowest BCUT2D eigenvalue weighted by Crippen LogP contribution is -2.00. The molecule has 2 aromatic rings. The molecule has 16 heavy (non-hydrogen) atoms. The van der Waals surface area contributed by atoms with Crippen molar-refractivity contribution in [2.24, 2.45) is 0 Å². The normalized spacial score (nSPS) is 10.4. The highest BCUT2D eigenvalue weighted by atomic mass is 35.5. The van der Waals surface area contributed by atoms with Gasteiger partial charge in [0.2, 0.25) is 0 Å². The minimum atomic E-state index is -1.25. The summed E-state index contributed by atoms with van der Waals surface area (Å²) in [5, 5.41) is 9.13. The first kappa shape index (κ1) is 11.0. The first-order chi connectivity index (χ1) is 7.59. The van der Waals surface area contributed by atoms with Gasteiger partial charge in [-0.25, -0.2) is 9.18 Å². The first-order valence-electron chi connectivity index (χ1n) is 4.11. The van der Waals surface area contributed by atoms with Crippen molar-refractivity contribution in [1.29, 1.82) is 0 Å². The molecule has 0 amide bonds. The highest BCUT2D eigenvalue weighted by molar-refractivity contribution is 6.99. The summed E-state index contributed by atoms with van der Waals surface area (Å²) >= 11 is 6.42. The molecule has 0 saturated heterocycles. The van der Waals surface area contributed by atoms with E-state index in [4.69, 9.17) is 16.7 Å². The second kappa shape index (κ2) is 4.15. The van der Waals surface area contributed by atoms with E-state index in [1.54, 1.807) is 0 Å². The maximum Gasteiger partial charge on any atom is 0.357 e. The van der Waals surface area contributed by atoms with Gasteiger partial charge in [-0.15, -0.1) is 0 Å². The molecule has 0 bridgehead atoms. The molecule has 2 rings (SSSR count). The zero-order valence-corrected chi connectivity index (χ0v) is 9.22. The molecule has 0 aliphatic heterocycles. The summed E-state index contributed by atoms with van der Waals surface area (Å²) in [5.74, 6) is -1.83. The zero-order valence-electron chi connectivity index (χ0n) is 7.65. The number of benzene rings is 1. The Morgan fingerprint density at radius 3 is 2.88 bits per heavy atom. The van der Waals surface area contributed by atoms with Gasteiger partial charge in [0.15, 0.2) is 5.69 Å². The molecule has 1 aromatic heterocycles. The van der Waals surface area contributed by atoms with Crippen LogP contribution in [0.5, 0.6) is 0 Å². The predicted octanol–water partition coefficient (Wildman–Crippen LogP) is 2.70. The molecule has 0 aliphatic rings. The van der Waals surface area contributed by atoms with Crippen molar-refractivity contribution >= 4 is 29.3 Å². The van der Waals surface area contributed by atoms with Crippen molar-refractivity contribution in [2.75, 3.05) is 0 Å². The Labute approximate surface area is 98.6 Å². The van der Waals surface area contributed by atoms with Crippen molar-refractivity contribution < 1.29 is 14.3 Å². The number of carbonyl (C=O) groups is 1. The molecular formula is C9H4ClFN2O2S. The van der Waals surface area contributed by atoms with E-state index in [-0.39, 0.29) is 17.0 Å². The molecule has 1 heterocycles. The summed E-state index contributed by atoms with van der Waals surface area (Å²) in [7, 11) is 0. The van der Waals surface area contributed by atoms with E-state index < -0.39 is 11.8 Å². The fraction of sp³-hybridized carbons (Fsp3) is 0. The summed E-state index contributed by atoms with van der Waals surface area (Å²) in [4.78, 5) is 10.8. The van der Waals surface area contributed by atoms with Gasteiger partial charge in [0.05, 0.1) is 11.7 Å². The van der Waals surface area contributed by atoms with Gasteiger partial charge in [-0.1, -0.05) is 11.6 Å². The van der Waals surface area contributed by atoms with Gasteiger partial charge in [-0.05, 0) is 18.2 Å². The van der Waals surface area contributed by atoms with Crippen molar-refractivity contribution in [3.8, 4) is 11.3 Å². The summed E-state index contributed by atoms with van der Waals surface area (Å²) in [6.45, 7) is 0. The molecule has 82 valence electrons. The lowest BCUT2D eigenvalue weighted by atomic mass is 10.1. The summed E-state index contributed by atoms with van der Waals surface area (Å²) in [5.41, 5.74) is -0.234. The molecule has 1 aromatic carbocycles. The molecule has 1 N–H and O–H groups in total. The average molecular weight is 259 g/mol. The van der Waals surface area contributed by atoms with Crippen LogP contribution >= 0.6 is 23.3 Å². The van der Waals surface area contributed by atoms with Gasteiger partial charge in [-0.3, -0.25) is 0 Å². The lowest BCUT2D eigenvalue weighted by molar-refractivity contribution is 0.0692. The maximum absolute atomic E-state index is 13.5. The van der Waals surface area contributed by atoms with E-state index >= 15 is 0 Å².